The van der Waals surface area contributed by atoms with Crippen molar-refractivity contribution in [3.63, 3.8) is 0 Å². The summed E-state index contributed by atoms with van der Waals surface area (Å²) in [7, 11) is 0. The van der Waals surface area contributed by atoms with Crippen molar-refractivity contribution in [2.24, 2.45) is 0 Å². The van der Waals surface area contributed by atoms with Crippen molar-refractivity contribution in [3.8, 4) is 0 Å². The zero-order valence-corrected chi connectivity index (χ0v) is 18.0. The average Bonchev–Trinajstić information content (AvgIpc) is 2.68. The molecule has 0 saturated heterocycles. The third-order valence-corrected chi connectivity index (χ3v) is 5.86. The molecule has 0 bridgehead atoms. The molecule has 0 unspecified atom stereocenters. The van der Waals surface area contributed by atoms with Gasteiger partial charge in [0.15, 0.2) is 0 Å². The fourth-order valence-electron chi connectivity index (χ4n) is 4.03. The van der Waals surface area contributed by atoms with Crippen molar-refractivity contribution in [2.75, 3.05) is 6.61 Å². The molecular weight excluding hydrogens is 316 g/mol. The predicted octanol–water partition coefficient (Wildman–Crippen LogP) is 9.11. The van der Waals surface area contributed by atoms with Gasteiger partial charge in [0.2, 0.25) is 0 Å². The van der Waals surface area contributed by atoms with Crippen LogP contribution in [-0.2, 0) is 4.74 Å². The van der Waals surface area contributed by atoms with E-state index >= 15 is 0 Å². The Labute approximate surface area is 165 Å². The van der Waals surface area contributed by atoms with Crippen molar-refractivity contribution < 1.29 is 4.74 Å². The van der Waals surface area contributed by atoms with Crippen LogP contribution in [0.25, 0.3) is 0 Å². The highest BCUT2D eigenvalue weighted by Gasteiger charge is 2.04. The SMILES string of the molecule is CCCCCCCCCCCCCCCCCCOC=C1CCCCC1. The number of allylic oxidation sites excluding steroid dienone is 1. The molecule has 0 radical (unpaired) electrons. The molecule has 0 N–H and O–H groups in total. The monoisotopic (exact) mass is 364 g/mol. The van der Waals surface area contributed by atoms with Gasteiger partial charge in [-0.15, -0.1) is 0 Å². The fourth-order valence-corrected chi connectivity index (χ4v) is 4.03. The molecule has 1 heteroatoms. The summed E-state index contributed by atoms with van der Waals surface area (Å²) in [5.74, 6) is 0. The third kappa shape index (κ3) is 15.8. The largest absolute Gasteiger partial charge is 0.501 e. The molecule has 1 aliphatic carbocycles. The Bertz CT molecular complexity index is 299. The summed E-state index contributed by atoms with van der Waals surface area (Å²) in [5.41, 5.74) is 1.55. The van der Waals surface area contributed by atoms with Crippen LogP contribution in [0.3, 0.4) is 0 Å². The summed E-state index contributed by atoms with van der Waals surface area (Å²) >= 11 is 0. The molecule has 154 valence electrons. The first kappa shape index (κ1) is 23.6. The van der Waals surface area contributed by atoms with Gasteiger partial charge in [-0.25, -0.2) is 0 Å². The lowest BCUT2D eigenvalue weighted by atomic mass is 9.96. The van der Waals surface area contributed by atoms with E-state index in [4.69, 9.17) is 4.74 Å². The highest BCUT2D eigenvalue weighted by molar-refractivity contribution is 5.00. The molecule has 0 aromatic carbocycles. The molecule has 0 heterocycles. The molecule has 0 aliphatic heterocycles. The lowest BCUT2D eigenvalue weighted by Gasteiger charge is -2.13. The van der Waals surface area contributed by atoms with E-state index < -0.39 is 0 Å². The van der Waals surface area contributed by atoms with Gasteiger partial charge in [-0.05, 0) is 37.7 Å². The Balaban J connectivity index is 1.68. The minimum absolute atomic E-state index is 0.932. The molecular formula is C25H48O. The van der Waals surface area contributed by atoms with Crippen molar-refractivity contribution in [1.82, 2.24) is 0 Å². The van der Waals surface area contributed by atoms with Crippen molar-refractivity contribution >= 4 is 0 Å². The van der Waals surface area contributed by atoms with E-state index in [2.05, 4.69) is 13.2 Å². The maximum Gasteiger partial charge on any atom is 0.0873 e. The zero-order valence-electron chi connectivity index (χ0n) is 18.0. The Kier molecular flexibility index (Phi) is 17.5. The van der Waals surface area contributed by atoms with Gasteiger partial charge in [0.25, 0.3) is 0 Å². The summed E-state index contributed by atoms with van der Waals surface area (Å²) in [6.07, 6.45) is 31.7. The van der Waals surface area contributed by atoms with Crippen LogP contribution in [0.2, 0.25) is 0 Å². The maximum absolute atomic E-state index is 5.73. The van der Waals surface area contributed by atoms with Crippen LogP contribution in [0, 0.1) is 0 Å². The number of hydrogen-bond acceptors (Lipinski definition) is 1. The fraction of sp³-hybridized carbons (Fsp3) is 0.920. The molecule has 0 spiro atoms. The first-order valence-corrected chi connectivity index (χ1v) is 12.2. The van der Waals surface area contributed by atoms with Crippen LogP contribution < -0.4 is 0 Å². The topological polar surface area (TPSA) is 9.23 Å². The van der Waals surface area contributed by atoms with Crippen LogP contribution in [-0.4, -0.2) is 6.61 Å². The molecule has 0 aromatic heterocycles. The molecule has 1 saturated carbocycles. The summed E-state index contributed by atoms with van der Waals surface area (Å²) in [6, 6.07) is 0. The van der Waals surface area contributed by atoms with E-state index in [1.54, 1.807) is 5.57 Å². The van der Waals surface area contributed by atoms with Gasteiger partial charge in [-0.3, -0.25) is 0 Å². The van der Waals surface area contributed by atoms with Gasteiger partial charge in [0.1, 0.15) is 0 Å². The first-order valence-electron chi connectivity index (χ1n) is 12.2. The van der Waals surface area contributed by atoms with Crippen LogP contribution >= 0.6 is 0 Å². The number of unbranched alkanes of at least 4 members (excludes halogenated alkanes) is 15. The molecule has 1 aliphatic rings. The first-order chi connectivity index (χ1) is 12.9. The Morgan fingerprint density at radius 2 is 1.00 bits per heavy atom. The van der Waals surface area contributed by atoms with Gasteiger partial charge in [-0.2, -0.15) is 0 Å². The van der Waals surface area contributed by atoms with E-state index in [9.17, 15) is 0 Å². The lowest BCUT2D eigenvalue weighted by molar-refractivity contribution is 0.235. The minimum atomic E-state index is 0.932. The zero-order chi connectivity index (χ0) is 18.5. The van der Waals surface area contributed by atoms with Gasteiger partial charge < -0.3 is 4.74 Å². The van der Waals surface area contributed by atoms with Gasteiger partial charge in [0, 0.05) is 0 Å². The highest BCUT2D eigenvalue weighted by atomic mass is 16.5. The van der Waals surface area contributed by atoms with E-state index in [0.29, 0.717) is 0 Å². The van der Waals surface area contributed by atoms with Gasteiger partial charge in [0.05, 0.1) is 12.9 Å². The smallest absolute Gasteiger partial charge is 0.0873 e. The second-order valence-electron chi connectivity index (χ2n) is 8.51. The second-order valence-corrected chi connectivity index (χ2v) is 8.51. The molecule has 26 heavy (non-hydrogen) atoms. The lowest BCUT2D eigenvalue weighted by Crippen LogP contribution is -1.96. The second kappa shape index (κ2) is 19.3. The third-order valence-electron chi connectivity index (χ3n) is 5.86. The quantitative estimate of drug-likeness (QED) is 0.174. The van der Waals surface area contributed by atoms with E-state index in [1.165, 1.54) is 135 Å². The number of ether oxygens (including phenoxy) is 1. The van der Waals surface area contributed by atoms with E-state index in [-0.39, 0.29) is 0 Å². The highest BCUT2D eigenvalue weighted by Crippen LogP contribution is 2.22. The van der Waals surface area contributed by atoms with Gasteiger partial charge >= 0.3 is 0 Å². The van der Waals surface area contributed by atoms with Crippen LogP contribution in [0.5, 0.6) is 0 Å². The summed E-state index contributed by atoms with van der Waals surface area (Å²) in [6.45, 7) is 3.23. The van der Waals surface area contributed by atoms with Crippen LogP contribution in [0.1, 0.15) is 142 Å². The van der Waals surface area contributed by atoms with Crippen molar-refractivity contribution in [2.45, 2.75) is 142 Å². The van der Waals surface area contributed by atoms with Crippen LogP contribution in [0.4, 0.5) is 0 Å². The maximum atomic E-state index is 5.73. The summed E-state index contributed by atoms with van der Waals surface area (Å²) in [4.78, 5) is 0. The number of hydrogen-bond donors (Lipinski definition) is 0. The molecule has 0 aromatic rings. The minimum Gasteiger partial charge on any atom is -0.501 e. The van der Waals surface area contributed by atoms with E-state index in [0.717, 1.165) is 6.61 Å². The molecule has 0 amide bonds. The average molecular weight is 365 g/mol. The van der Waals surface area contributed by atoms with E-state index in [1.807, 2.05) is 0 Å². The molecule has 1 fully saturated rings. The van der Waals surface area contributed by atoms with Crippen molar-refractivity contribution in [3.05, 3.63) is 11.8 Å². The number of rotatable bonds is 18. The molecule has 1 rings (SSSR count). The molecule has 0 atom stereocenters. The predicted molar refractivity (Wildman–Crippen MR) is 117 cm³/mol. The van der Waals surface area contributed by atoms with Crippen molar-refractivity contribution in [1.29, 1.82) is 0 Å². The molecule has 1 nitrogen and oxygen atoms in total. The van der Waals surface area contributed by atoms with Crippen LogP contribution in [0.15, 0.2) is 11.8 Å². The van der Waals surface area contributed by atoms with Gasteiger partial charge in [-0.1, -0.05) is 110 Å². The summed E-state index contributed by atoms with van der Waals surface area (Å²) < 4.78 is 5.73. The summed E-state index contributed by atoms with van der Waals surface area (Å²) in [5, 5.41) is 0. The normalized spacial score (nSPS) is 14.6. The Morgan fingerprint density at radius 3 is 1.46 bits per heavy atom. The standard InChI is InChI=1S/C25H48O/c1-2-3-4-5-6-7-8-9-10-11-12-13-14-15-16-20-23-26-24-25-21-18-17-19-22-25/h24H,2-23H2,1H3. The Morgan fingerprint density at radius 1 is 0.577 bits per heavy atom. The Hall–Kier alpha value is -0.460.